The van der Waals surface area contributed by atoms with Crippen LogP contribution in [0.15, 0.2) is 24.3 Å². The molecule has 1 heterocycles. The second kappa shape index (κ2) is 7.99. The van der Waals surface area contributed by atoms with Gasteiger partial charge in [0.05, 0.1) is 12.6 Å². The number of β-amino-alcohol motifs (C(OH)–C–C–N with tert-alkyl or cyclic N) is 1. The van der Waals surface area contributed by atoms with E-state index in [2.05, 4.69) is 55.3 Å². The van der Waals surface area contributed by atoms with Gasteiger partial charge >= 0.3 is 6.03 Å². The van der Waals surface area contributed by atoms with Gasteiger partial charge in [0.1, 0.15) is 0 Å². The SMILES string of the molecule is C[C@H](NC(=O)N1CCN(CCO)CC1)c1ccc(C(C)(C)C)cc1. The molecule has 1 aromatic carbocycles. The molecule has 0 unspecified atom stereocenters. The number of rotatable bonds is 4. The highest BCUT2D eigenvalue weighted by molar-refractivity contribution is 5.74. The van der Waals surface area contributed by atoms with Crippen LogP contribution in [0.25, 0.3) is 0 Å². The van der Waals surface area contributed by atoms with Crippen LogP contribution in [-0.2, 0) is 5.41 Å². The van der Waals surface area contributed by atoms with Crippen LogP contribution in [0.3, 0.4) is 0 Å². The number of urea groups is 1. The van der Waals surface area contributed by atoms with Crippen molar-refractivity contribution in [2.24, 2.45) is 0 Å². The molecule has 0 aliphatic carbocycles. The third kappa shape index (κ3) is 4.95. The molecular weight excluding hydrogens is 302 g/mol. The average molecular weight is 333 g/mol. The summed E-state index contributed by atoms with van der Waals surface area (Å²) >= 11 is 0. The Hall–Kier alpha value is -1.59. The van der Waals surface area contributed by atoms with E-state index in [0.29, 0.717) is 19.6 Å². The summed E-state index contributed by atoms with van der Waals surface area (Å²) in [6, 6.07) is 8.47. The summed E-state index contributed by atoms with van der Waals surface area (Å²) in [6.45, 7) is 12.5. The molecule has 1 aliphatic heterocycles. The third-order valence-corrected chi connectivity index (χ3v) is 4.69. The van der Waals surface area contributed by atoms with Crippen molar-refractivity contribution in [3.05, 3.63) is 35.4 Å². The summed E-state index contributed by atoms with van der Waals surface area (Å²) in [6.07, 6.45) is 0. The van der Waals surface area contributed by atoms with Gasteiger partial charge in [0.25, 0.3) is 0 Å². The van der Waals surface area contributed by atoms with E-state index in [1.807, 2.05) is 11.8 Å². The van der Waals surface area contributed by atoms with E-state index in [-0.39, 0.29) is 24.1 Å². The van der Waals surface area contributed by atoms with Crippen molar-refractivity contribution in [1.82, 2.24) is 15.1 Å². The molecule has 1 fully saturated rings. The summed E-state index contributed by atoms with van der Waals surface area (Å²) in [5.74, 6) is 0. The molecule has 1 aliphatic rings. The second-order valence-corrected chi connectivity index (χ2v) is 7.60. The molecule has 1 aromatic rings. The number of aliphatic hydroxyl groups is 1. The fourth-order valence-electron chi connectivity index (χ4n) is 2.95. The van der Waals surface area contributed by atoms with Crippen LogP contribution in [0.4, 0.5) is 4.79 Å². The van der Waals surface area contributed by atoms with E-state index < -0.39 is 0 Å². The summed E-state index contributed by atoms with van der Waals surface area (Å²) in [7, 11) is 0. The quantitative estimate of drug-likeness (QED) is 0.889. The average Bonchev–Trinajstić information content (AvgIpc) is 2.55. The molecular formula is C19H31N3O2. The van der Waals surface area contributed by atoms with E-state index in [9.17, 15) is 4.79 Å². The van der Waals surface area contributed by atoms with Crippen LogP contribution in [0.5, 0.6) is 0 Å². The van der Waals surface area contributed by atoms with Crippen molar-refractivity contribution in [3.8, 4) is 0 Å². The lowest BCUT2D eigenvalue weighted by atomic mass is 9.86. The van der Waals surface area contributed by atoms with Crippen molar-refractivity contribution in [2.45, 2.75) is 39.2 Å². The molecule has 5 nitrogen and oxygen atoms in total. The van der Waals surface area contributed by atoms with Crippen LogP contribution >= 0.6 is 0 Å². The van der Waals surface area contributed by atoms with Crippen LogP contribution in [-0.4, -0.2) is 60.3 Å². The van der Waals surface area contributed by atoms with Crippen molar-refractivity contribution < 1.29 is 9.90 Å². The Morgan fingerprint density at radius 2 is 1.75 bits per heavy atom. The monoisotopic (exact) mass is 333 g/mol. The maximum atomic E-state index is 12.4. The standard InChI is InChI=1S/C19H31N3O2/c1-15(16-5-7-17(8-6-16)19(2,3)4)20-18(24)22-11-9-21(10-12-22)13-14-23/h5-8,15,23H,9-14H2,1-4H3,(H,20,24)/t15-/m0/s1. The van der Waals surface area contributed by atoms with Gasteiger partial charge in [-0.05, 0) is 23.5 Å². The van der Waals surface area contributed by atoms with Crippen LogP contribution in [0.1, 0.15) is 44.9 Å². The minimum atomic E-state index is -0.0120. The Morgan fingerprint density at radius 1 is 1.17 bits per heavy atom. The van der Waals surface area contributed by atoms with Crippen molar-refractivity contribution in [2.75, 3.05) is 39.3 Å². The summed E-state index contributed by atoms with van der Waals surface area (Å²) in [4.78, 5) is 16.5. The molecule has 0 radical (unpaired) electrons. The van der Waals surface area contributed by atoms with Crippen molar-refractivity contribution in [1.29, 1.82) is 0 Å². The molecule has 2 N–H and O–H groups in total. The largest absolute Gasteiger partial charge is 0.395 e. The zero-order chi connectivity index (χ0) is 17.7. The molecule has 0 saturated carbocycles. The topological polar surface area (TPSA) is 55.8 Å². The lowest BCUT2D eigenvalue weighted by Gasteiger charge is -2.35. The number of carbonyl (C=O) groups is 1. The Balaban J connectivity index is 1.88. The zero-order valence-corrected chi connectivity index (χ0v) is 15.4. The Kier molecular flexibility index (Phi) is 6.24. The van der Waals surface area contributed by atoms with Crippen LogP contribution in [0, 0.1) is 0 Å². The maximum absolute atomic E-state index is 12.4. The molecule has 134 valence electrons. The first-order chi connectivity index (χ1) is 11.3. The Bertz CT molecular complexity index is 529. The molecule has 2 rings (SSSR count). The van der Waals surface area contributed by atoms with Gasteiger partial charge in [-0.25, -0.2) is 4.79 Å². The number of nitrogens with zero attached hydrogens (tertiary/aromatic N) is 2. The van der Waals surface area contributed by atoms with E-state index in [1.165, 1.54) is 5.56 Å². The predicted octanol–water partition coefficient (Wildman–Crippen LogP) is 2.36. The Morgan fingerprint density at radius 3 is 2.25 bits per heavy atom. The normalized spacial score (nSPS) is 17.6. The number of piperazine rings is 1. The number of carbonyl (C=O) groups excluding carboxylic acids is 1. The molecule has 24 heavy (non-hydrogen) atoms. The smallest absolute Gasteiger partial charge is 0.317 e. The van der Waals surface area contributed by atoms with E-state index >= 15 is 0 Å². The number of aliphatic hydroxyl groups excluding tert-OH is 1. The first-order valence-corrected chi connectivity index (χ1v) is 8.80. The fraction of sp³-hybridized carbons (Fsp3) is 0.632. The minimum Gasteiger partial charge on any atom is -0.395 e. The molecule has 1 saturated heterocycles. The number of hydrogen-bond acceptors (Lipinski definition) is 3. The number of nitrogens with one attached hydrogen (secondary N) is 1. The van der Waals surface area contributed by atoms with Gasteiger partial charge in [0.15, 0.2) is 0 Å². The molecule has 0 spiro atoms. The van der Waals surface area contributed by atoms with Gasteiger partial charge in [0, 0.05) is 32.7 Å². The third-order valence-electron chi connectivity index (χ3n) is 4.69. The lowest BCUT2D eigenvalue weighted by Crippen LogP contribution is -2.52. The van der Waals surface area contributed by atoms with Gasteiger partial charge in [-0.15, -0.1) is 0 Å². The van der Waals surface area contributed by atoms with Gasteiger partial charge in [0.2, 0.25) is 0 Å². The van der Waals surface area contributed by atoms with E-state index in [1.54, 1.807) is 0 Å². The Labute approximate surface area is 145 Å². The van der Waals surface area contributed by atoms with Gasteiger partial charge in [-0.3, -0.25) is 4.90 Å². The molecule has 1 atom stereocenters. The molecule has 2 amide bonds. The zero-order valence-electron chi connectivity index (χ0n) is 15.4. The predicted molar refractivity (Wildman–Crippen MR) is 97.2 cm³/mol. The number of hydrogen-bond donors (Lipinski definition) is 2. The maximum Gasteiger partial charge on any atom is 0.317 e. The number of amides is 2. The number of benzene rings is 1. The van der Waals surface area contributed by atoms with Gasteiger partial charge in [-0.2, -0.15) is 0 Å². The van der Waals surface area contributed by atoms with Gasteiger partial charge < -0.3 is 15.3 Å². The van der Waals surface area contributed by atoms with Crippen molar-refractivity contribution in [3.63, 3.8) is 0 Å². The highest BCUT2D eigenvalue weighted by Gasteiger charge is 2.22. The van der Waals surface area contributed by atoms with Gasteiger partial charge in [-0.1, -0.05) is 45.0 Å². The lowest BCUT2D eigenvalue weighted by molar-refractivity contribution is 0.121. The van der Waals surface area contributed by atoms with Crippen molar-refractivity contribution >= 4 is 6.03 Å². The highest BCUT2D eigenvalue weighted by Crippen LogP contribution is 2.24. The summed E-state index contributed by atoms with van der Waals surface area (Å²) < 4.78 is 0. The fourth-order valence-corrected chi connectivity index (χ4v) is 2.95. The summed E-state index contributed by atoms with van der Waals surface area (Å²) in [5.41, 5.74) is 2.55. The van der Waals surface area contributed by atoms with E-state index in [0.717, 1.165) is 18.7 Å². The highest BCUT2D eigenvalue weighted by atomic mass is 16.3. The van der Waals surface area contributed by atoms with Crippen LogP contribution in [0.2, 0.25) is 0 Å². The minimum absolute atomic E-state index is 0.00829. The molecule has 0 bridgehead atoms. The molecule has 0 aromatic heterocycles. The first-order valence-electron chi connectivity index (χ1n) is 8.80. The second-order valence-electron chi connectivity index (χ2n) is 7.60. The first kappa shape index (κ1) is 18.7. The molecule has 5 heteroatoms. The van der Waals surface area contributed by atoms with Crippen LogP contribution < -0.4 is 5.32 Å². The van der Waals surface area contributed by atoms with E-state index in [4.69, 9.17) is 5.11 Å². The summed E-state index contributed by atoms with van der Waals surface area (Å²) in [5, 5.41) is 12.1.